The molecule has 20 nitrogen and oxygen atoms in total. The molecule has 4 atom stereocenters. The summed E-state index contributed by atoms with van der Waals surface area (Å²) in [6.07, 6.45) is 5.73. The highest BCUT2D eigenvalue weighted by atomic mass is 35.5. The van der Waals surface area contributed by atoms with Gasteiger partial charge in [-0.1, -0.05) is 52.5 Å². The maximum atomic E-state index is 15.5. The Morgan fingerprint density at radius 2 is 0.967 bits per heavy atom. The Bertz CT molecular complexity index is 4100. The molecule has 10 heterocycles. The molecule has 4 unspecified atom stereocenters. The molecular formula is C65H65ClF4N12O8. The largest absolute Gasteiger partial charge is 0.488 e. The van der Waals surface area contributed by atoms with Gasteiger partial charge in [0.1, 0.15) is 72.6 Å². The van der Waals surface area contributed by atoms with Gasteiger partial charge in [0.25, 0.3) is 0 Å². The lowest BCUT2D eigenvalue weighted by atomic mass is 10.0. The smallest absolute Gasteiger partial charge is 0.356 e. The van der Waals surface area contributed by atoms with Crippen LogP contribution < -0.4 is 40.1 Å². The van der Waals surface area contributed by atoms with Gasteiger partial charge in [-0.25, -0.2) is 46.3 Å². The van der Waals surface area contributed by atoms with Crippen LogP contribution in [0.25, 0.3) is 56.0 Å². The number of nitrogens with zero attached hydrogens (tertiary/aromatic N) is 12. The molecule has 0 aliphatic carbocycles. The summed E-state index contributed by atoms with van der Waals surface area (Å²) in [4.78, 5) is 88.8. The number of piperazine rings is 2. The maximum Gasteiger partial charge on any atom is 0.356 e. The second kappa shape index (κ2) is 24.8. The molecule has 2 amide bonds. The van der Waals surface area contributed by atoms with Gasteiger partial charge in [0, 0.05) is 74.9 Å². The number of hydrogen-bond acceptors (Lipinski definition) is 16. The number of carbonyl (C=O) groups is 2. The minimum atomic E-state index is -0.810. The third-order valence-electron chi connectivity index (χ3n) is 16.4. The highest BCUT2D eigenvalue weighted by Gasteiger charge is 2.38. The Balaban J connectivity index is 0.000000185. The lowest BCUT2D eigenvalue weighted by Gasteiger charge is -2.44. The first-order valence-corrected chi connectivity index (χ1v) is 29.8. The van der Waals surface area contributed by atoms with Gasteiger partial charge in [0.15, 0.2) is 34.4 Å². The third kappa shape index (κ3) is 11.1. The second-order valence-electron chi connectivity index (χ2n) is 23.2. The first-order chi connectivity index (χ1) is 43.0. The van der Waals surface area contributed by atoms with Crippen LogP contribution in [0.2, 0.25) is 5.02 Å². The number of aryl methyl sites for hydroxylation is 1. The van der Waals surface area contributed by atoms with Crippen molar-refractivity contribution in [1.29, 1.82) is 0 Å². The Morgan fingerprint density at radius 3 is 1.40 bits per heavy atom. The highest BCUT2D eigenvalue weighted by Crippen LogP contribution is 2.44. The van der Waals surface area contributed by atoms with Crippen molar-refractivity contribution in [3.05, 3.63) is 152 Å². The number of benzene rings is 2. The average molecular weight is 1250 g/mol. The lowest BCUT2D eigenvalue weighted by molar-refractivity contribution is -0.129. The number of fused-ring (bicyclic) bond motifs is 10. The Hall–Kier alpha value is -9.45. The van der Waals surface area contributed by atoms with Crippen LogP contribution in [0.15, 0.2) is 95.8 Å². The molecular weight excluding hydrogens is 1190 g/mol. The predicted octanol–water partition coefficient (Wildman–Crippen LogP) is 10.2. The SMILES string of the molecule is C=CC(=O)N1CC(C)N(c2nc(=O)n3c4nc(c(C)cc24)-c2c(F)ccc(F)c2OCCOc2ccnc(C(C)C)c2-3)CC1C.C=CC(=O)N1CC(C)N(c2nc(=O)n3c4nc(c(Cl)cc24)-c2c(F)ccc(F)c2OCCOc2ccnc(C(C)C)c2-3)CC1C. The van der Waals surface area contributed by atoms with Crippen molar-refractivity contribution in [3.8, 4) is 56.9 Å². The molecule has 12 rings (SSSR count). The van der Waals surface area contributed by atoms with Crippen LogP contribution in [-0.4, -0.2) is 137 Å². The molecule has 2 aromatic carbocycles. The summed E-state index contributed by atoms with van der Waals surface area (Å²) < 4.78 is 87.6. The molecule has 468 valence electrons. The summed E-state index contributed by atoms with van der Waals surface area (Å²) in [6.45, 7) is 25.6. The number of carbonyl (C=O) groups excluding carboxylic acids is 2. The summed E-state index contributed by atoms with van der Waals surface area (Å²) >= 11 is 6.82. The van der Waals surface area contributed by atoms with Crippen molar-refractivity contribution in [2.45, 2.75) is 98.3 Å². The molecule has 90 heavy (non-hydrogen) atoms. The van der Waals surface area contributed by atoms with Crippen LogP contribution in [0.4, 0.5) is 29.2 Å². The number of amides is 2. The fraction of sp³-hybridized carbons (Fsp3) is 0.354. The topological polar surface area (TPSA) is 205 Å². The summed E-state index contributed by atoms with van der Waals surface area (Å²) in [5.74, 6) is -3.08. The van der Waals surface area contributed by atoms with Crippen LogP contribution in [0.1, 0.15) is 84.2 Å². The fourth-order valence-corrected chi connectivity index (χ4v) is 12.4. The van der Waals surface area contributed by atoms with Crippen molar-refractivity contribution < 1.29 is 46.1 Å². The fourth-order valence-electron chi connectivity index (χ4n) is 12.1. The van der Waals surface area contributed by atoms with Crippen molar-refractivity contribution in [2.24, 2.45) is 0 Å². The van der Waals surface area contributed by atoms with Gasteiger partial charge in [-0.05, 0) is 101 Å². The number of anilines is 2. The zero-order valence-corrected chi connectivity index (χ0v) is 51.7. The lowest BCUT2D eigenvalue weighted by Crippen LogP contribution is -2.58. The van der Waals surface area contributed by atoms with Gasteiger partial charge >= 0.3 is 11.4 Å². The monoisotopic (exact) mass is 1250 g/mol. The summed E-state index contributed by atoms with van der Waals surface area (Å²) in [5, 5.41) is 0.890. The van der Waals surface area contributed by atoms with E-state index in [1.54, 1.807) is 53.4 Å². The number of hydrogen-bond donors (Lipinski definition) is 0. The second-order valence-corrected chi connectivity index (χ2v) is 23.6. The van der Waals surface area contributed by atoms with Crippen molar-refractivity contribution in [2.75, 3.05) is 62.4 Å². The summed E-state index contributed by atoms with van der Waals surface area (Å²) in [7, 11) is 0. The molecule has 4 aliphatic heterocycles. The van der Waals surface area contributed by atoms with Crippen LogP contribution in [0.3, 0.4) is 0 Å². The van der Waals surface area contributed by atoms with Crippen LogP contribution in [0.5, 0.6) is 23.0 Å². The molecule has 2 fully saturated rings. The number of halogens is 5. The number of ether oxygens (including phenoxy) is 4. The molecule has 0 radical (unpaired) electrons. The third-order valence-corrected chi connectivity index (χ3v) is 16.7. The van der Waals surface area contributed by atoms with E-state index in [0.29, 0.717) is 82.6 Å². The van der Waals surface area contributed by atoms with E-state index >= 15 is 17.6 Å². The van der Waals surface area contributed by atoms with Gasteiger partial charge < -0.3 is 38.5 Å². The van der Waals surface area contributed by atoms with E-state index in [9.17, 15) is 19.2 Å². The summed E-state index contributed by atoms with van der Waals surface area (Å²) in [6, 6.07) is 9.62. The average Bonchev–Trinajstić information content (AvgIpc) is 0.765. The van der Waals surface area contributed by atoms with Crippen LogP contribution in [-0.2, 0) is 9.59 Å². The van der Waals surface area contributed by atoms with Gasteiger partial charge in [-0.15, -0.1) is 0 Å². The molecule has 25 heteroatoms. The Kier molecular flexibility index (Phi) is 17.2. The van der Waals surface area contributed by atoms with E-state index in [2.05, 4.69) is 33.1 Å². The van der Waals surface area contributed by atoms with Gasteiger partial charge in [0.2, 0.25) is 11.8 Å². The van der Waals surface area contributed by atoms with E-state index < -0.39 is 34.6 Å². The van der Waals surface area contributed by atoms with Gasteiger partial charge in [-0.3, -0.25) is 19.6 Å². The van der Waals surface area contributed by atoms with E-state index in [1.807, 2.05) is 65.2 Å². The molecule has 2 saturated heterocycles. The zero-order chi connectivity index (χ0) is 64.3. The summed E-state index contributed by atoms with van der Waals surface area (Å²) in [5.41, 5.74) is 0.842. The van der Waals surface area contributed by atoms with E-state index in [0.717, 1.165) is 24.3 Å². The quantitative estimate of drug-likeness (QED) is 0.112. The van der Waals surface area contributed by atoms with Crippen molar-refractivity contribution in [1.82, 2.24) is 48.8 Å². The number of pyridine rings is 4. The minimum absolute atomic E-state index is 0.00456. The van der Waals surface area contributed by atoms with E-state index in [1.165, 1.54) is 21.3 Å². The zero-order valence-electron chi connectivity index (χ0n) is 51.0. The molecule has 8 aromatic rings. The first kappa shape index (κ1) is 62.2. The van der Waals surface area contributed by atoms with Gasteiger partial charge in [0.05, 0.1) is 49.7 Å². The Labute approximate surface area is 520 Å². The predicted molar refractivity (Wildman–Crippen MR) is 333 cm³/mol. The standard InChI is InChI=1S/C33H34F2N6O4.C32H31ClF2N6O4/c1-7-25(42)39-15-20(6)40(16-19(39)5)31-21-14-18(4)28-26-22(34)8-9-23(35)30(26)45-13-12-44-24-10-11-36-27(17(2)3)29(24)41(32(21)37-28)33(43)38-31;1-6-24(42)39-14-18(5)40(15-17(39)4)30-19-13-20(33)27-25-21(34)7-8-22(35)29(25)45-12-11-44-23-9-10-36-26(16(2)3)28(23)41(31(19)37-27)32(43)38-30/h7-11,14,17,19-20H,1,12-13,15-16H2,2-6H3;6-10,13,16-18H,1,11-12,14-15H2,2-5H3. The van der Waals surface area contributed by atoms with Crippen molar-refractivity contribution in [3.63, 3.8) is 0 Å². The van der Waals surface area contributed by atoms with Gasteiger partial charge in [-0.2, -0.15) is 9.97 Å². The number of rotatable bonds is 6. The molecule has 0 spiro atoms. The van der Waals surface area contributed by atoms with Crippen molar-refractivity contribution >= 4 is 57.1 Å². The van der Waals surface area contributed by atoms with Crippen LogP contribution in [0, 0.1) is 30.2 Å². The molecule has 4 bridgehead atoms. The minimum Gasteiger partial charge on any atom is -0.488 e. The molecule has 0 saturated carbocycles. The maximum absolute atomic E-state index is 15.5. The normalized spacial score (nSPS) is 18.0. The first-order valence-electron chi connectivity index (χ1n) is 29.5. The highest BCUT2D eigenvalue weighted by molar-refractivity contribution is 6.34. The molecule has 6 aromatic heterocycles. The van der Waals surface area contributed by atoms with Crippen LogP contribution >= 0.6 is 11.6 Å². The van der Waals surface area contributed by atoms with E-state index in [-0.39, 0.29) is 130 Å². The molecule has 0 N–H and O–H groups in total. The van der Waals surface area contributed by atoms with E-state index in [4.69, 9.17) is 40.5 Å². The number of aromatic nitrogens is 8. The molecule has 4 aliphatic rings. The Morgan fingerprint density at radius 1 is 0.567 bits per heavy atom.